The van der Waals surface area contributed by atoms with Gasteiger partial charge in [0.25, 0.3) is 0 Å². The lowest BCUT2D eigenvalue weighted by atomic mass is 10.0. The van der Waals surface area contributed by atoms with Crippen molar-refractivity contribution < 1.29 is 33.2 Å². The summed E-state index contributed by atoms with van der Waals surface area (Å²) in [5.74, 6) is 0.877. The summed E-state index contributed by atoms with van der Waals surface area (Å²) in [6.45, 7) is 8.87. The molecule has 1 aromatic carbocycles. The average Bonchev–Trinajstić information content (AvgIpc) is 2.86. The van der Waals surface area contributed by atoms with Crippen LogP contribution < -0.4 is 4.74 Å². The molecule has 0 bridgehead atoms. The minimum atomic E-state index is 0.111. The van der Waals surface area contributed by atoms with Crippen LogP contribution in [0.4, 0.5) is 0 Å². The fourth-order valence-electron chi connectivity index (χ4n) is 3.13. The summed E-state index contributed by atoms with van der Waals surface area (Å²) in [4.78, 5) is 10.1. The molecule has 0 aromatic heterocycles. The lowest BCUT2D eigenvalue weighted by Gasteiger charge is -2.09. The lowest BCUT2D eigenvalue weighted by Crippen LogP contribution is -2.14. The molecule has 1 aromatic rings. The number of hydrogen-bond acceptors (Lipinski definition) is 7. The van der Waals surface area contributed by atoms with Crippen molar-refractivity contribution in [2.24, 2.45) is 0 Å². The van der Waals surface area contributed by atoms with E-state index in [0.717, 1.165) is 24.9 Å². The Morgan fingerprint density at radius 2 is 1.12 bits per heavy atom. The van der Waals surface area contributed by atoms with E-state index in [1.54, 1.807) is 0 Å². The number of benzene rings is 1. The van der Waals surface area contributed by atoms with Crippen LogP contribution >= 0.6 is 0 Å². The molecule has 0 spiro atoms. The maximum atomic E-state index is 10.1. The van der Waals surface area contributed by atoms with E-state index in [4.69, 9.17) is 28.4 Å². The predicted molar refractivity (Wildman–Crippen MR) is 134 cm³/mol. The Bertz CT molecular complexity index is 577. The number of aryl methyl sites for hydroxylation is 1. The Balaban J connectivity index is 1.83. The summed E-state index contributed by atoms with van der Waals surface area (Å²) < 4.78 is 32.4. The Hall–Kier alpha value is -1.77. The van der Waals surface area contributed by atoms with Crippen molar-refractivity contribution >= 4 is 6.29 Å². The van der Waals surface area contributed by atoms with Crippen molar-refractivity contribution in [2.45, 2.75) is 44.9 Å². The summed E-state index contributed by atoms with van der Waals surface area (Å²) >= 11 is 0. The number of ether oxygens (including phenoxy) is 6. The third-order valence-corrected chi connectivity index (χ3v) is 4.97. The fourth-order valence-corrected chi connectivity index (χ4v) is 3.13. The molecule has 0 unspecified atom stereocenters. The highest BCUT2D eigenvalue weighted by atomic mass is 16.6. The van der Waals surface area contributed by atoms with Gasteiger partial charge in [-0.15, -0.1) is 6.58 Å². The Morgan fingerprint density at radius 3 is 1.68 bits per heavy atom. The fraction of sp³-hybridized carbons (Fsp3) is 0.667. The molecule has 0 saturated carbocycles. The molecule has 0 atom stereocenters. The van der Waals surface area contributed by atoms with Crippen LogP contribution in [0.25, 0.3) is 0 Å². The summed E-state index contributed by atoms with van der Waals surface area (Å²) in [6.07, 6.45) is 11.4. The van der Waals surface area contributed by atoms with Gasteiger partial charge >= 0.3 is 0 Å². The first-order valence-corrected chi connectivity index (χ1v) is 12.5. The molecule has 7 heteroatoms. The van der Waals surface area contributed by atoms with E-state index in [-0.39, 0.29) is 6.61 Å². The van der Waals surface area contributed by atoms with Gasteiger partial charge < -0.3 is 33.2 Å². The van der Waals surface area contributed by atoms with E-state index in [1.165, 1.54) is 37.7 Å². The molecule has 0 aliphatic carbocycles. The third-order valence-electron chi connectivity index (χ3n) is 4.97. The molecule has 34 heavy (non-hydrogen) atoms. The van der Waals surface area contributed by atoms with E-state index in [1.807, 2.05) is 18.2 Å². The second-order valence-corrected chi connectivity index (χ2v) is 7.78. The molecule has 0 N–H and O–H groups in total. The quantitative estimate of drug-likeness (QED) is 0.110. The predicted octanol–water partition coefficient (Wildman–Crippen LogP) is 4.42. The van der Waals surface area contributed by atoms with Gasteiger partial charge in [0.05, 0.1) is 59.5 Å². The van der Waals surface area contributed by atoms with Gasteiger partial charge in [0.2, 0.25) is 0 Å². The van der Waals surface area contributed by atoms with Gasteiger partial charge in [-0.05, 0) is 43.4 Å². The maximum Gasteiger partial charge on any atom is 0.145 e. The first kappa shape index (κ1) is 30.3. The number of hydrogen-bond donors (Lipinski definition) is 0. The maximum absolute atomic E-state index is 10.1. The molecule has 0 radical (unpaired) electrons. The molecule has 194 valence electrons. The van der Waals surface area contributed by atoms with Crippen molar-refractivity contribution in [1.82, 2.24) is 0 Å². The molecule has 0 fully saturated rings. The molecule has 0 saturated heterocycles. The molecule has 0 aliphatic heterocycles. The average molecular weight is 481 g/mol. The van der Waals surface area contributed by atoms with Crippen LogP contribution in [-0.2, 0) is 34.9 Å². The summed E-state index contributed by atoms with van der Waals surface area (Å²) in [6, 6.07) is 8.38. The molecule has 0 aliphatic rings. The number of carbonyl (C=O) groups excluding carboxylic acids is 1. The molecule has 0 heterocycles. The van der Waals surface area contributed by atoms with Gasteiger partial charge in [0.15, 0.2) is 0 Å². The lowest BCUT2D eigenvalue weighted by molar-refractivity contribution is -0.112. The molecule has 0 amide bonds. The van der Waals surface area contributed by atoms with E-state index >= 15 is 0 Å². The van der Waals surface area contributed by atoms with Crippen LogP contribution in [0, 0.1) is 0 Å². The van der Waals surface area contributed by atoms with Gasteiger partial charge in [0, 0.05) is 0 Å². The second kappa shape index (κ2) is 24.4. The van der Waals surface area contributed by atoms with Gasteiger partial charge in [0.1, 0.15) is 25.2 Å². The van der Waals surface area contributed by atoms with Crippen LogP contribution in [0.5, 0.6) is 5.75 Å². The normalized spacial score (nSPS) is 10.9. The number of carbonyl (C=O) groups is 1. The number of rotatable bonds is 26. The van der Waals surface area contributed by atoms with Gasteiger partial charge in [-0.1, -0.05) is 37.5 Å². The molecular formula is C27H44O7. The molecule has 1 rings (SSSR count). The molecule has 7 nitrogen and oxygen atoms in total. The minimum Gasteiger partial charge on any atom is -0.491 e. The van der Waals surface area contributed by atoms with Crippen LogP contribution in [0.3, 0.4) is 0 Å². The standard InChI is InChI=1S/C27H44O7/c1-2-3-4-5-6-7-8-9-26-10-12-27(13-11-26)34-25-24-33-23-22-32-21-20-31-19-18-30-17-16-29-15-14-28/h2,10-14H,1,3-9,15-25H2. The van der Waals surface area contributed by atoms with Crippen molar-refractivity contribution in [3.05, 3.63) is 42.5 Å². The zero-order chi connectivity index (χ0) is 24.4. The largest absolute Gasteiger partial charge is 0.491 e. The van der Waals surface area contributed by atoms with Gasteiger partial charge in [-0.25, -0.2) is 0 Å². The summed E-state index contributed by atoms with van der Waals surface area (Å²) in [5.41, 5.74) is 1.36. The summed E-state index contributed by atoms with van der Waals surface area (Å²) in [7, 11) is 0. The van der Waals surface area contributed by atoms with Crippen LogP contribution in [0.1, 0.15) is 44.1 Å². The Kier molecular flexibility index (Phi) is 21.7. The smallest absolute Gasteiger partial charge is 0.145 e. The van der Waals surface area contributed by atoms with Crippen molar-refractivity contribution in [1.29, 1.82) is 0 Å². The van der Waals surface area contributed by atoms with E-state index < -0.39 is 0 Å². The van der Waals surface area contributed by atoms with Crippen LogP contribution in [0.15, 0.2) is 36.9 Å². The van der Waals surface area contributed by atoms with E-state index in [2.05, 4.69) is 18.7 Å². The van der Waals surface area contributed by atoms with Gasteiger partial charge in [-0.3, -0.25) is 0 Å². The van der Waals surface area contributed by atoms with Crippen LogP contribution in [-0.4, -0.2) is 79.0 Å². The summed E-state index contributed by atoms with van der Waals surface area (Å²) in [5, 5.41) is 0. The van der Waals surface area contributed by atoms with Gasteiger partial charge in [-0.2, -0.15) is 0 Å². The zero-order valence-electron chi connectivity index (χ0n) is 20.8. The zero-order valence-corrected chi connectivity index (χ0v) is 20.8. The second-order valence-electron chi connectivity index (χ2n) is 7.78. The minimum absolute atomic E-state index is 0.111. The van der Waals surface area contributed by atoms with Crippen LogP contribution in [0.2, 0.25) is 0 Å². The van der Waals surface area contributed by atoms with Crippen molar-refractivity contribution in [3.8, 4) is 5.75 Å². The third kappa shape index (κ3) is 19.7. The SMILES string of the molecule is C=CCCCCCCCc1ccc(OCCOCCOCCOCCOCCOCC=O)cc1. The van der Waals surface area contributed by atoms with E-state index in [0.29, 0.717) is 66.1 Å². The van der Waals surface area contributed by atoms with Crippen molar-refractivity contribution in [2.75, 3.05) is 72.7 Å². The number of unbranched alkanes of at least 4 members (excludes halogenated alkanes) is 5. The Morgan fingerprint density at radius 1 is 0.618 bits per heavy atom. The van der Waals surface area contributed by atoms with E-state index in [9.17, 15) is 4.79 Å². The topological polar surface area (TPSA) is 72.5 Å². The monoisotopic (exact) mass is 480 g/mol. The highest BCUT2D eigenvalue weighted by Crippen LogP contribution is 2.15. The van der Waals surface area contributed by atoms with Crippen molar-refractivity contribution in [3.63, 3.8) is 0 Å². The number of aldehydes is 1. The first-order chi connectivity index (χ1) is 16.9. The highest BCUT2D eigenvalue weighted by molar-refractivity contribution is 5.50. The first-order valence-electron chi connectivity index (χ1n) is 12.5. The Labute approximate surface area is 205 Å². The number of allylic oxidation sites excluding steroid dienone is 1. The highest BCUT2D eigenvalue weighted by Gasteiger charge is 1.98. The molecular weight excluding hydrogens is 436 g/mol.